The molecule has 0 atom stereocenters. The van der Waals surface area contributed by atoms with Gasteiger partial charge in [0.2, 0.25) is 0 Å². The van der Waals surface area contributed by atoms with Crippen LogP contribution in [0.5, 0.6) is 0 Å². The zero-order chi connectivity index (χ0) is 9.52. The molecular formula is C9H14BrNOS. The van der Waals surface area contributed by atoms with Crippen molar-refractivity contribution in [1.29, 1.82) is 0 Å². The highest BCUT2D eigenvalue weighted by Gasteiger charge is 1.99. The third-order valence-electron chi connectivity index (χ3n) is 1.70. The number of rotatable bonds is 6. The van der Waals surface area contributed by atoms with Gasteiger partial charge in [0.15, 0.2) is 0 Å². The lowest BCUT2D eigenvalue weighted by Crippen LogP contribution is -2.21. The molecule has 0 amide bonds. The summed E-state index contributed by atoms with van der Waals surface area (Å²) in [4.78, 5) is 1.41. The number of ether oxygens (including phenoxy) is 1. The van der Waals surface area contributed by atoms with Crippen molar-refractivity contribution in [3.8, 4) is 0 Å². The van der Waals surface area contributed by atoms with Crippen LogP contribution in [0.4, 0.5) is 0 Å². The number of halogens is 1. The molecule has 0 fully saturated rings. The first-order valence-electron chi connectivity index (χ1n) is 4.26. The summed E-state index contributed by atoms with van der Waals surface area (Å²) in [5.74, 6) is 0. The minimum absolute atomic E-state index is 0.783. The molecule has 1 aromatic heterocycles. The van der Waals surface area contributed by atoms with Gasteiger partial charge in [-0.05, 0) is 33.8 Å². The van der Waals surface area contributed by atoms with Crippen molar-refractivity contribution in [2.45, 2.75) is 6.42 Å². The first-order chi connectivity index (χ1) is 6.34. The molecule has 0 aromatic carbocycles. The molecule has 2 nitrogen and oxygen atoms in total. The molecule has 0 aliphatic rings. The molecule has 1 rings (SSSR count). The van der Waals surface area contributed by atoms with Gasteiger partial charge < -0.3 is 10.1 Å². The fourth-order valence-corrected chi connectivity index (χ4v) is 2.56. The zero-order valence-corrected chi connectivity index (χ0v) is 10.1. The van der Waals surface area contributed by atoms with Gasteiger partial charge in [0, 0.05) is 29.5 Å². The fraction of sp³-hybridized carbons (Fsp3) is 0.556. The average Bonchev–Trinajstić information content (AvgIpc) is 2.52. The van der Waals surface area contributed by atoms with Crippen molar-refractivity contribution in [3.05, 3.63) is 20.8 Å². The Bertz CT molecular complexity index is 239. The monoisotopic (exact) mass is 263 g/mol. The standard InChI is InChI=1S/C9H14BrNOS/c1-12-6-5-11-4-2-9-8(10)3-7-13-9/h3,7,11H,2,4-6H2,1H3. The average molecular weight is 264 g/mol. The molecule has 1 aromatic rings. The van der Waals surface area contributed by atoms with Crippen LogP contribution in [0.1, 0.15) is 4.88 Å². The second-order valence-corrected chi connectivity index (χ2v) is 4.54. The smallest absolute Gasteiger partial charge is 0.0587 e. The SMILES string of the molecule is COCCNCCc1sccc1Br. The zero-order valence-electron chi connectivity index (χ0n) is 7.68. The molecule has 74 valence electrons. The van der Waals surface area contributed by atoms with Crippen LogP contribution in [0.15, 0.2) is 15.9 Å². The molecule has 0 aliphatic heterocycles. The Morgan fingerprint density at radius 2 is 2.38 bits per heavy atom. The van der Waals surface area contributed by atoms with E-state index in [2.05, 4.69) is 32.7 Å². The molecule has 0 radical (unpaired) electrons. The van der Waals surface area contributed by atoms with E-state index in [0.29, 0.717) is 0 Å². The third-order valence-corrected chi connectivity index (χ3v) is 3.69. The van der Waals surface area contributed by atoms with E-state index >= 15 is 0 Å². The van der Waals surface area contributed by atoms with Gasteiger partial charge in [-0.1, -0.05) is 0 Å². The van der Waals surface area contributed by atoms with E-state index in [4.69, 9.17) is 4.74 Å². The Labute approximate surface area is 91.4 Å². The molecule has 0 saturated heterocycles. The molecule has 0 unspecified atom stereocenters. The predicted octanol–water partition coefficient (Wildman–Crippen LogP) is 2.29. The van der Waals surface area contributed by atoms with Gasteiger partial charge in [0.05, 0.1) is 6.61 Å². The number of nitrogens with one attached hydrogen (secondary N) is 1. The molecule has 1 heterocycles. The maximum atomic E-state index is 4.93. The van der Waals surface area contributed by atoms with Crippen molar-refractivity contribution >= 4 is 27.3 Å². The Morgan fingerprint density at radius 1 is 1.54 bits per heavy atom. The molecule has 0 saturated carbocycles. The van der Waals surface area contributed by atoms with E-state index in [1.807, 2.05) is 0 Å². The van der Waals surface area contributed by atoms with Crippen LogP contribution in [-0.2, 0) is 11.2 Å². The van der Waals surface area contributed by atoms with Crippen LogP contribution in [0.2, 0.25) is 0 Å². The van der Waals surface area contributed by atoms with E-state index < -0.39 is 0 Å². The van der Waals surface area contributed by atoms with Gasteiger partial charge in [-0.2, -0.15) is 0 Å². The first-order valence-corrected chi connectivity index (χ1v) is 5.93. The number of thiophene rings is 1. The van der Waals surface area contributed by atoms with E-state index in [1.165, 1.54) is 9.35 Å². The van der Waals surface area contributed by atoms with Crippen LogP contribution in [0.25, 0.3) is 0 Å². The predicted molar refractivity (Wildman–Crippen MR) is 60.5 cm³/mol. The van der Waals surface area contributed by atoms with Gasteiger partial charge in [0.1, 0.15) is 0 Å². The highest BCUT2D eigenvalue weighted by atomic mass is 79.9. The summed E-state index contributed by atoms with van der Waals surface area (Å²) in [6.07, 6.45) is 1.09. The van der Waals surface area contributed by atoms with E-state index in [9.17, 15) is 0 Å². The molecule has 0 spiro atoms. The van der Waals surface area contributed by atoms with Crippen LogP contribution in [0.3, 0.4) is 0 Å². The maximum absolute atomic E-state index is 4.93. The summed E-state index contributed by atoms with van der Waals surface area (Å²) in [5, 5.41) is 5.42. The number of hydrogen-bond acceptors (Lipinski definition) is 3. The highest BCUT2D eigenvalue weighted by Crippen LogP contribution is 2.22. The van der Waals surface area contributed by atoms with Crippen molar-refractivity contribution in [3.63, 3.8) is 0 Å². The Morgan fingerprint density at radius 3 is 3.00 bits per heavy atom. The fourth-order valence-electron chi connectivity index (χ4n) is 1.00. The summed E-state index contributed by atoms with van der Waals surface area (Å²) in [7, 11) is 1.72. The van der Waals surface area contributed by atoms with Gasteiger partial charge in [-0.15, -0.1) is 11.3 Å². The molecule has 4 heteroatoms. The molecule has 0 bridgehead atoms. The third kappa shape index (κ3) is 4.22. The van der Waals surface area contributed by atoms with Gasteiger partial charge in [0.25, 0.3) is 0 Å². The van der Waals surface area contributed by atoms with E-state index in [0.717, 1.165) is 26.1 Å². The largest absolute Gasteiger partial charge is 0.383 e. The first kappa shape index (κ1) is 11.2. The lowest BCUT2D eigenvalue weighted by Gasteiger charge is -2.02. The van der Waals surface area contributed by atoms with Crippen molar-refractivity contribution in [2.24, 2.45) is 0 Å². The van der Waals surface area contributed by atoms with Gasteiger partial charge >= 0.3 is 0 Å². The summed E-state index contributed by atoms with van der Waals surface area (Å²) in [6.45, 7) is 2.73. The summed E-state index contributed by atoms with van der Waals surface area (Å²) < 4.78 is 6.16. The summed E-state index contributed by atoms with van der Waals surface area (Å²) in [5.41, 5.74) is 0. The lowest BCUT2D eigenvalue weighted by molar-refractivity contribution is 0.199. The van der Waals surface area contributed by atoms with Crippen molar-refractivity contribution in [1.82, 2.24) is 5.32 Å². The van der Waals surface area contributed by atoms with Gasteiger partial charge in [-0.25, -0.2) is 0 Å². The Kier molecular flexibility index (Phi) is 5.62. The number of hydrogen-bond donors (Lipinski definition) is 1. The lowest BCUT2D eigenvalue weighted by atomic mass is 10.3. The Balaban J connectivity index is 2.10. The van der Waals surface area contributed by atoms with Crippen molar-refractivity contribution < 1.29 is 4.74 Å². The molecule has 1 N–H and O–H groups in total. The maximum Gasteiger partial charge on any atom is 0.0587 e. The van der Waals surface area contributed by atoms with Crippen molar-refractivity contribution in [2.75, 3.05) is 26.8 Å². The Hall–Kier alpha value is 0.100. The normalized spacial score (nSPS) is 10.6. The molecule has 0 aliphatic carbocycles. The minimum Gasteiger partial charge on any atom is -0.383 e. The van der Waals surface area contributed by atoms with Gasteiger partial charge in [-0.3, -0.25) is 0 Å². The van der Waals surface area contributed by atoms with Crippen LogP contribution in [0, 0.1) is 0 Å². The van der Waals surface area contributed by atoms with Crippen LogP contribution < -0.4 is 5.32 Å². The molecule has 13 heavy (non-hydrogen) atoms. The molecular weight excluding hydrogens is 250 g/mol. The van der Waals surface area contributed by atoms with Crippen LogP contribution in [-0.4, -0.2) is 26.8 Å². The topological polar surface area (TPSA) is 21.3 Å². The highest BCUT2D eigenvalue weighted by molar-refractivity contribution is 9.10. The summed E-state index contributed by atoms with van der Waals surface area (Å²) >= 11 is 5.30. The van der Waals surface area contributed by atoms with E-state index in [1.54, 1.807) is 18.4 Å². The van der Waals surface area contributed by atoms with E-state index in [-0.39, 0.29) is 0 Å². The second kappa shape index (κ2) is 6.54. The number of methoxy groups -OCH3 is 1. The quantitative estimate of drug-likeness (QED) is 0.796. The minimum atomic E-state index is 0.783. The second-order valence-electron chi connectivity index (χ2n) is 2.68. The summed E-state index contributed by atoms with van der Waals surface area (Å²) in [6, 6.07) is 2.09. The van der Waals surface area contributed by atoms with Crippen LogP contribution >= 0.6 is 27.3 Å².